The first-order valence-corrected chi connectivity index (χ1v) is 5.56. The number of carbonyl (C=O) groups is 1. The van der Waals surface area contributed by atoms with Gasteiger partial charge in [0, 0.05) is 10.8 Å². The first-order chi connectivity index (χ1) is 8.15. The fourth-order valence-electron chi connectivity index (χ4n) is 2.50. The summed E-state index contributed by atoms with van der Waals surface area (Å²) in [7, 11) is 0. The molecule has 1 saturated carbocycles. The highest BCUT2D eigenvalue weighted by Gasteiger charge is 2.53. The first kappa shape index (κ1) is 10.3. The minimum Gasteiger partial charge on any atom is -0.480 e. The number of nitrogens with one attached hydrogen (secondary N) is 1. The van der Waals surface area contributed by atoms with Gasteiger partial charge in [-0.05, 0) is 18.4 Å². The number of carboxylic acids is 1. The maximum absolute atomic E-state index is 11.1. The van der Waals surface area contributed by atoms with E-state index in [1.54, 1.807) is 6.20 Å². The molecule has 4 N–H and O–H groups in total. The van der Waals surface area contributed by atoms with Crippen molar-refractivity contribution in [2.24, 2.45) is 5.73 Å². The third-order valence-electron chi connectivity index (χ3n) is 3.66. The fourth-order valence-corrected chi connectivity index (χ4v) is 2.50. The van der Waals surface area contributed by atoms with Crippen molar-refractivity contribution in [1.82, 2.24) is 10.2 Å². The second kappa shape index (κ2) is 3.30. The van der Waals surface area contributed by atoms with Crippen LogP contribution in [0.4, 0.5) is 0 Å². The molecule has 17 heavy (non-hydrogen) atoms. The zero-order chi connectivity index (χ0) is 12.0. The number of para-hydroxylation sites is 1. The SMILES string of the molecule is NC(C(=O)O)C1(c2cccc3cn[nH]c23)CC1. The molecule has 0 amide bonds. The molecule has 1 aromatic heterocycles. The lowest BCUT2D eigenvalue weighted by atomic mass is 9.87. The Morgan fingerprint density at radius 2 is 2.29 bits per heavy atom. The van der Waals surface area contributed by atoms with E-state index in [4.69, 9.17) is 10.8 Å². The maximum atomic E-state index is 11.1. The first-order valence-electron chi connectivity index (χ1n) is 5.56. The van der Waals surface area contributed by atoms with Crippen LogP contribution < -0.4 is 5.73 Å². The zero-order valence-corrected chi connectivity index (χ0v) is 9.18. The average molecular weight is 231 g/mol. The Labute approximate surface area is 97.6 Å². The number of fused-ring (bicyclic) bond motifs is 1. The molecule has 1 heterocycles. The van der Waals surface area contributed by atoms with Gasteiger partial charge in [-0.15, -0.1) is 0 Å². The zero-order valence-electron chi connectivity index (χ0n) is 9.18. The van der Waals surface area contributed by atoms with Gasteiger partial charge in [-0.3, -0.25) is 9.89 Å². The molecular weight excluding hydrogens is 218 g/mol. The van der Waals surface area contributed by atoms with Gasteiger partial charge in [0.15, 0.2) is 0 Å². The number of aromatic nitrogens is 2. The smallest absolute Gasteiger partial charge is 0.321 e. The van der Waals surface area contributed by atoms with Crippen LogP contribution >= 0.6 is 0 Å². The Balaban J connectivity index is 2.15. The third kappa shape index (κ3) is 1.36. The monoisotopic (exact) mass is 231 g/mol. The molecule has 0 bridgehead atoms. The molecule has 0 radical (unpaired) electrons. The third-order valence-corrected chi connectivity index (χ3v) is 3.66. The number of aromatic amines is 1. The molecule has 3 rings (SSSR count). The normalized spacial score (nSPS) is 19.1. The van der Waals surface area contributed by atoms with Gasteiger partial charge in [-0.1, -0.05) is 18.2 Å². The molecule has 1 aromatic carbocycles. The summed E-state index contributed by atoms with van der Waals surface area (Å²) in [6.45, 7) is 0. The second-order valence-corrected chi connectivity index (χ2v) is 4.61. The van der Waals surface area contributed by atoms with Crippen LogP contribution in [0.2, 0.25) is 0 Å². The maximum Gasteiger partial charge on any atom is 0.321 e. The predicted octanol–water partition coefficient (Wildman–Crippen LogP) is 1.01. The highest BCUT2D eigenvalue weighted by Crippen LogP contribution is 2.52. The van der Waals surface area contributed by atoms with E-state index < -0.39 is 17.4 Å². The molecule has 88 valence electrons. The fraction of sp³-hybridized carbons (Fsp3) is 0.333. The Hall–Kier alpha value is -1.88. The van der Waals surface area contributed by atoms with Crippen molar-refractivity contribution in [2.45, 2.75) is 24.3 Å². The highest BCUT2D eigenvalue weighted by atomic mass is 16.4. The summed E-state index contributed by atoms with van der Waals surface area (Å²) in [5.74, 6) is -0.945. The summed E-state index contributed by atoms with van der Waals surface area (Å²) >= 11 is 0. The molecule has 5 heteroatoms. The van der Waals surface area contributed by atoms with Crippen molar-refractivity contribution >= 4 is 16.9 Å². The number of nitrogens with two attached hydrogens (primary N) is 1. The highest BCUT2D eigenvalue weighted by molar-refractivity contribution is 5.85. The number of H-pyrrole nitrogens is 1. The number of rotatable bonds is 3. The summed E-state index contributed by atoms with van der Waals surface area (Å²) in [4.78, 5) is 11.1. The molecule has 0 aliphatic heterocycles. The van der Waals surface area contributed by atoms with Crippen molar-refractivity contribution in [3.8, 4) is 0 Å². The lowest BCUT2D eigenvalue weighted by Gasteiger charge is -2.20. The van der Waals surface area contributed by atoms with Gasteiger partial charge in [0.2, 0.25) is 0 Å². The molecule has 1 aliphatic carbocycles. The Morgan fingerprint density at radius 3 is 2.94 bits per heavy atom. The van der Waals surface area contributed by atoms with Gasteiger partial charge >= 0.3 is 5.97 Å². The lowest BCUT2D eigenvalue weighted by Crippen LogP contribution is -2.42. The number of hydrogen-bond donors (Lipinski definition) is 3. The Bertz CT molecular complexity index is 586. The van der Waals surface area contributed by atoms with E-state index >= 15 is 0 Å². The molecular formula is C12H13N3O2. The van der Waals surface area contributed by atoms with Gasteiger partial charge in [-0.2, -0.15) is 5.10 Å². The molecule has 0 saturated heterocycles. The van der Waals surface area contributed by atoms with Crippen LogP contribution in [0.3, 0.4) is 0 Å². The molecule has 0 spiro atoms. The van der Waals surface area contributed by atoms with Crippen LogP contribution in [0.25, 0.3) is 10.9 Å². The van der Waals surface area contributed by atoms with Crippen molar-refractivity contribution in [1.29, 1.82) is 0 Å². The van der Waals surface area contributed by atoms with Gasteiger partial charge in [0.05, 0.1) is 11.7 Å². The number of hydrogen-bond acceptors (Lipinski definition) is 3. The standard InChI is InChI=1S/C12H13N3O2/c13-10(11(16)17)12(4-5-12)8-3-1-2-7-6-14-15-9(7)8/h1-3,6,10H,4-5,13H2,(H,14,15)(H,16,17). The van der Waals surface area contributed by atoms with Crippen LogP contribution in [0.1, 0.15) is 18.4 Å². The van der Waals surface area contributed by atoms with E-state index in [1.807, 2.05) is 18.2 Å². The van der Waals surface area contributed by atoms with E-state index in [0.717, 1.165) is 29.3 Å². The lowest BCUT2D eigenvalue weighted by molar-refractivity contribution is -0.139. The predicted molar refractivity (Wildman–Crippen MR) is 62.6 cm³/mol. The van der Waals surface area contributed by atoms with Gasteiger partial charge in [0.25, 0.3) is 0 Å². The Morgan fingerprint density at radius 1 is 1.53 bits per heavy atom. The second-order valence-electron chi connectivity index (χ2n) is 4.61. The number of carboxylic acid groups (broad SMARTS) is 1. The van der Waals surface area contributed by atoms with E-state index in [0.29, 0.717) is 0 Å². The minimum absolute atomic E-state index is 0.419. The van der Waals surface area contributed by atoms with Crippen LogP contribution in [-0.4, -0.2) is 27.3 Å². The van der Waals surface area contributed by atoms with Crippen molar-refractivity contribution in [3.05, 3.63) is 30.0 Å². The summed E-state index contributed by atoms with van der Waals surface area (Å²) in [5.41, 5.74) is 7.27. The summed E-state index contributed by atoms with van der Waals surface area (Å²) in [6.07, 6.45) is 3.37. The number of nitrogens with zero attached hydrogens (tertiary/aromatic N) is 1. The van der Waals surface area contributed by atoms with E-state index in [9.17, 15) is 4.79 Å². The molecule has 2 aromatic rings. The summed E-state index contributed by atoms with van der Waals surface area (Å²) < 4.78 is 0. The Kier molecular flexibility index (Phi) is 2.00. The summed E-state index contributed by atoms with van der Waals surface area (Å²) in [5, 5.41) is 17.0. The van der Waals surface area contributed by atoms with Crippen LogP contribution in [-0.2, 0) is 10.2 Å². The van der Waals surface area contributed by atoms with E-state index in [2.05, 4.69) is 10.2 Å². The molecule has 1 atom stereocenters. The van der Waals surface area contributed by atoms with Crippen molar-refractivity contribution in [3.63, 3.8) is 0 Å². The van der Waals surface area contributed by atoms with Gasteiger partial charge in [0.1, 0.15) is 6.04 Å². The van der Waals surface area contributed by atoms with E-state index in [-0.39, 0.29) is 0 Å². The average Bonchev–Trinajstić information content (AvgIpc) is 2.98. The molecule has 1 unspecified atom stereocenters. The number of benzene rings is 1. The topological polar surface area (TPSA) is 92.0 Å². The molecule has 1 aliphatic rings. The van der Waals surface area contributed by atoms with Gasteiger partial charge in [-0.25, -0.2) is 0 Å². The van der Waals surface area contributed by atoms with Crippen molar-refractivity contribution < 1.29 is 9.90 Å². The van der Waals surface area contributed by atoms with Crippen LogP contribution in [0, 0.1) is 0 Å². The quantitative estimate of drug-likeness (QED) is 0.735. The summed E-state index contributed by atoms with van der Waals surface area (Å²) in [6, 6.07) is 4.96. The largest absolute Gasteiger partial charge is 0.480 e. The van der Waals surface area contributed by atoms with Crippen LogP contribution in [0.5, 0.6) is 0 Å². The molecule has 1 fully saturated rings. The minimum atomic E-state index is -0.945. The van der Waals surface area contributed by atoms with Gasteiger partial charge < -0.3 is 10.8 Å². The molecule has 5 nitrogen and oxygen atoms in total. The van der Waals surface area contributed by atoms with E-state index in [1.165, 1.54) is 0 Å². The van der Waals surface area contributed by atoms with Crippen LogP contribution in [0.15, 0.2) is 24.4 Å². The number of aliphatic carboxylic acids is 1. The van der Waals surface area contributed by atoms with Crippen molar-refractivity contribution in [2.75, 3.05) is 0 Å².